The zero-order valence-corrected chi connectivity index (χ0v) is 5.30. The molecule has 2 nitrogen and oxygen atoms in total. The summed E-state index contributed by atoms with van der Waals surface area (Å²) in [7, 11) is 2.11. The smallest absolute Gasteiger partial charge is 0.0434 e. The Balaban J connectivity index is 1.98. The minimum absolute atomic E-state index is 0.360. The molecule has 0 aromatic rings. The second-order valence-corrected chi connectivity index (χ2v) is 2.60. The normalized spacial score (nSPS) is 23.2. The molecule has 0 bridgehead atoms. The summed E-state index contributed by atoms with van der Waals surface area (Å²) in [6.07, 6.45) is 0.990. The van der Waals surface area contributed by atoms with Crippen LogP contribution in [0.3, 0.4) is 0 Å². The van der Waals surface area contributed by atoms with Crippen LogP contribution >= 0.6 is 0 Å². The highest BCUT2D eigenvalue weighted by Crippen LogP contribution is 2.15. The van der Waals surface area contributed by atoms with E-state index in [1.807, 2.05) is 0 Å². The molecule has 1 fully saturated rings. The van der Waals surface area contributed by atoms with Gasteiger partial charge in [0.15, 0.2) is 0 Å². The molecule has 2 heteroatoms. The lowest BCUT2D eigenvalue weighted by molar-refractivity contribution is 0.106. The summed E-state index contributed by atoms with van der Waals surface area (Å²) in [5.41, 5.74) is 0. The van der Waals surface area contributed by atoms with Gasteiger partial charge in [-0.1, -0.05) is 0 Å². The monoisotopic (exact) mass is 115 g/mol. The summed E-state index contributed by atoms with van der Waals surface area (Å²) in [5.74, 6) is 0.782. The predicted octanol–water partition coefficient (Wildman–Crippen LogP) is -0.0696. The molecule has 0 unspecified atom stereocenters. The molecule has 0 atom stereocenters. The lowest BCUT2D eigenvalue weighted by Crippen LogP contribution is -2.43. The van der Waals surface area contributed by atoms with E-state index < -0.39 is 0 Å². The van der Waals surface area contributed by atoms with Crippen LogP contribution in [0.15, 0.2) is 0 Å². The number of hydrogen-bond donors (Lipinski definition) is 1. The molecule has 1 aliphatic rings. The molecule has 0 aromatic carbocycles. The van der Waals surface area contributed by atoms with Gasteiger partial charge in [0.05, 0.1) is 0 Å². The van der Waals surface area contributed by atoms with Crippen molar-refractivity contribution in [3.63, 3.8) is 0 Å². The van der Waals surface area contributed by atoms with Crippen LogP contribution in [-0.2, 0) is 0 Å². The van der Waals surface area contributed by atoms with E-state index in [1.54, 1.807) is 0 Å². The van der Waals surface area contributed by atoms with Crippen LogP contribution in [-0.4, -0.2) is 36.8 Å². The summed E-state index contributed by atoms with van der Waals surface area (Å²) in [5, 5.41) is 8.47. The predicted molar refractivity (Wildman–Crippen MR) is 32.7 cm³/mol. The molecule has 1 N–H and O–H groups in total. The summed E-state index contributed by atoms with van der Waals surface area (Å²) in [6, 6.07) is 0. The molecule has 48 valence electrons. The van der Waals surface area contributed by atoms with Crippen molar-refractivity contribution >= 4 is 0 Å². The van der Waals surface area contributed by atoms with Crippen molar-refractivity contribution in [2.24, 2.45) is 5.92 Å². The van der Waals surface area contributed by atoms with E-state index in [-0.39, 0.29) is 0 Å². The van der Waals surface area contributed by atoms with Gasteiger partial charge in [-0.3, -0.25) is 0 Å². The zero-order chi connectivity index (χ0) is 5.98. The molecule has 0 spiro atoms. The fraction of sp³-hybridized carbons (Fsp3) is 1.00. The van der Waals surface area contributed by atoms with Gasteiger partial charge < -0.3 is 10.0 Å². The van der Waals surface area contributed by atoms with Gasteiger partial charge in [-0.2, -0.15) is 0 Å². The maximum Gasteiger partial charge on any atom is 0.0434 e. The highest BCUT2D eigenvalue weighted by Gasteiger charge is 2.21. The highest BCUT2D eigenvalue weighted by atomic mass is 16.3. The number of hydrogen-bond acceptors (Lipinski definition) is 2. The fourth-order valence-electron chi connectivity index (χ4n) is 1.19. The molecule has 1 rings (SSSR count). The summed E-state index contributed by atoms with van der Waals surface area (Å²) in [4.78, 5) is 2.26. The van der Waals surface area contributed by atoms with Crippen molar-refractivity contribution in [1.82, 2.24) is 4.90 Å². The van der Waals surface area contributed by atoms with E-state index in [2.05, 4.69) is 11.9 Å². The first-order valence-corrected chi connectivity index (χ1v) is 3.12. The van der Waals surface area contributed by atoms with Gasteiger partial charge in [0, 0.05) is 19.7 Å². The largest absolute Gasteiger partial charge is 0.396 e. The maximum absolute atomic E-state index is 8.47. The van der Waals surface area contributed by atoms with Gasteiger partial charge in [-0.25, -0.2) is 0 Å². The third-order valence-corrected chi connectivity index (χ3v) is 1.68. The molecule has 0 aromatic heterocycles. The van der Waals surface area contributed by atoms with Crippen LogP contribution in [0.5, 0.6) is 0 Å². The SMILES string of the molecule is CN1CC(CCO)C1. The topological polar surface area (TPSA) is 23.5 Å². The number of aliphatic hydroxyl groups is 1. The Hall–Kier alpha value is -0.0800. The van der Waals surface area contributed by atoms with E-state index in [1.165, 1.54) is 13.1 Å². The van der Waals surface area contributed by atoms with Gasteiger partial charge in [-0.05, 0) is 19.4 Å². The van der Waals surface area contributed by atoms with Crippen molar-refractivity contribution in [2.45, 2.75) is 6.42 Å². The van der Waals surface area contributed by atoms with Crippen molar-refractivity contribution < 1.29 is 5.11 Å². The standard InChI is InChI=1S/C6H13NO/c1-7-4-6(5-7)2-3-8/h6,8H,2-5H2,1H3. The van der Waals surface area contributed by atoms with E-state index in [9.17, 15) is 0 Å². The maximum atomic E-state index is 8.47. The van der Waals surface area contributed by atoms with Crippen LogP contribution in [0.25, 0.3) is 0 Å². The average Bonchev–Trinajstić information content (AvgIpc) is 1.64. The highest BCUT2D eigenvalue weighted by molar-refractivity contribution is 4.75. The molecule has 0 aliphatic carbocycles. The van der Waals surface area contributed by atoms with Gasteiger partial charge in [0.1, 0.15) is 0 Å². The Morgan fingerprint density at radius 2 is 2.25 bits per heavy atom. The third-order valence-electron chi connectivity index (χ3n) is 1.68. The first kappa shape index (κ1) is 6.05. The van der Waals surface area contributed by atoms with E-state index in [0.29, 0.717) is 6.61 Å². The van der Waals surface area contributed by atoms with Crippen LogP contribution in [0.1, 0.15) is 6.42 Å². The molecule has 0 saturated carbocycles. The fourth-order valence-corrected chi connectivity index (χ4v) is 1.19. The number of nitrogens with zero attached hydrogens (tertiary/aromatic N) is 1. The Bertz CT molecular complexity index is 66.2. The number of aliphatic hydroxyl groups excluding tert-OH is 1. The minimum atomic E-state index is 0.360. The van der Waals surface area contributed by atoms with E-state index >= 15 is 0 Å². The minimum Gasteiger partial charge on any atom is -0.396 e. The van der Waals surface area contributed by atoms with Crippen molar-refractivity contribution in [3.8, 4) is 0 Å². The van der Waals surface area contributed by atoms with Crippen LogP contribution in [0, 0.1) is 5.92 Å². The Labute approximate surface area is 50.1 Å². The number of likely N-dealkylation sites (tertiary alicyclic amines) is 1. The molecule has 1 heterocycles. The second kappa shape index (κ2) is 2.46. The summed E-state index contributed by atoms with van der Waals surface area (Å²) < 4.78 is 0. The lowest BCUT2D eigenvalue weighted by Gasteiger charge is -2.35. The lowest BCUT2D eigenvalue weighted by atomic mass is 9.98. The zero-order valence-electron chi connectivity index (χ0n) is 5.30. The van der Waals surface area contributed by atoms with E-state index in [0.717, 1.165) is 12.3 Å². The van der Waals surface area contributed by atoms with Crippen LogP contribution < -0.4 is 0 Å². The first-order chi connectivity index (χ1) is 3.83. The molecule has 0 amide bonds. The van der Waals surface area contributed by atoms with Crippen LogP contribution in [0.2, 0.25) is 0 Å². The van der Waals surface area contributed by atoms with Crippen molar-refractivity contribution in [3.05, 3.63) is 0 Å². The molecular weight excluding hydrogens is 102 g/mol. The molecule has 0 radical (unpaired) electrons. The first-order valence-electron chi connectivity index (χ1n) is 3.12. The van der Waals surface area contributed by atoms with Gasteiger partial charge in [0.2, 0.25) is 0 Å². The Morgan fingerprint density at radius 1 is 1.62 bits per heavy atom. The van der Waals surface area contributed by atoms with Gasteiger partial charge in [0.25, 0.3) is 0 Å². The van der Waals surface area contributed by atoms with Gasteiger partial charge >= 0.3 is 0 Å². The van der Waals surface area contributed by atoms with Crippen molar-refractivity contribution in [1.29, 1.82) is 0 Å². The van der Waals surface area contributed by atoms with Crippen molar-refractivity contribution in [2.75, 3.05) is 26.7 Å². The molecule has 1 saturated heterocycles. The summed E-state index contributed by atoms with van der Waals surface area (Å²) >= 11 is 0. The number of rotatable bonds is 2. The van der Waals surface area contributed by atoms with Crippen LogP contribution in [0.4, 0.5) is 0 Å². The third kappa shape index (κ3) is 1.20. The Morgan fingerprint density at radius 3 is 2.62 bits per heavy atom. The quantitative estimate of drug-likeness (QED) is 0.544. The molecular formula is C6H13NO. The second-order valence-electron chi connectivity index (χ2n) is 2.60. The average molecular weight is 115 g/mol. The van der Waals surface area contributed by atoms with Gasteiger partial charge in [-0.15, -0.1) is 0 Å². The van der Waals surface area contributed by atoms with E-state index in [4.69, 9.17) is 5.11 Å². The Kier molecular flexibility index (Phi) is 1.86. The summed E-state index contributed by atoms with van der Waals surface area (Å²) in [6.45, 7) is 2.72. The molecule has 8 heavy (non-hydrogen) atoms. The molecule has 1 aliphatic heterocycles.